The Bertz CT molecular complexity index is 972. The summed E-state index contributed by atoms with van der Waals surface area (Å²) in [6, 6.07) is 7.82. The van der Waals surface area contributed by atoms with E-state index in [1.54, 1.807) is 11.3 Å². The Hall–Kier alpha value is -2.87. The van der Waals surface area contributed by atoms with Crippen LogP contribution in [0.1, 0.15) is 51.5 Å². The van der Waals surface area contributed by atoms with Crippen molar-refractivity contribution in [2.75, 3.05) is 19.8 Å². The maximum absolute atomic E-state index is 12.9. The molecule has 7 nitrogen and oxygen atoms in total. The normalized spacial score (nSPS) is 10.8. The van der Waals surface area contributed by atoms with E-state index in [1.165, 1.54) is 0 Å². The molecule has 3 rings (SSSR count). The Morgan fingerprint density at radius 1 is 1.09 bits per heavy atom. The van der Waals surface area contributed by atoms with Crippen LogP contribution in [0.3, 0.4) is 0 Å². The number of thiophene rings is 1. The SMILES string of the molecule is CCCOc1ccc(CN(CCC)C(=O)CCc2nnc(-c3ccsc3)o2)cc1OCC. The number of hydrogen-bond donors (Lipinski definition) is 0. The van der Waals surface area contributed by atoms with E-state index in [4.69, 9.17) is 13.9 Å². The maximum Gasteiger partial charge on any atom is 0.248 e. The van der Waals surface area contributed by atoms with Gasteiger partial charge in [0.15, 0.2) is 11.5 Å². The number of nitrogens with zero attached hydrogens (tertiary/aromatic N) is 3. The molecular formula is C24H31N3O4S. The van der Waals surface area contributed by atoms with Gasteiger partial charge < -0.3 is 18.8 Å². The van der Waals surface area contributed by atoms with Gasteiger partial charge in [0.05, 0.1) is 13.2 Å². The molecule has 0 aliphatic rings. The molecule has 0 aliphatic heterocycles. The third-order valence-electron chi connectivity index (χ3n) is 4.78. The highest BCUT2D eigenvalue weighted by molar-refractivity contribution is 7.08. The lowest BCUT2D eigenvalue weighted by atomic mass is 10.1. The lowest BCUT2D eigenvalue weighted by Crippen LogP contribution is -2.31. The Morgan fingerprint density at radius 2 is 1.97 bits per heavy atom. The topological polar surface area (TPSA) is 77.7 Å². The predicted octanol–water partition coefficient (Wildman–Crippen LogP) is 5.36. The number of carbonyl (C=O) groups excluding carboxylic acids is 1. The van der Waals surface area contributed by atoms with Crippen molar-refractivity contribution in [1.82, 2.24) is 15.1 Å². The van der Waals surface area contributed by atoms with Gasteiger partial charge in [0.2, 0.25) is 17.7 Å². The number of amides is 1. The fourth-order valence-electron chi connectivity index (χ4n) is 3.26. The van der Waals surface area contributed by atoms with Crippen molar-refractivity contribution in [3.63, 3.8) is 0 Å². The molecule has 1 amide bonds. The van der Waals surface area contributed by atoms with Crippen LogP contribution in [0.4, 0.5) is 0 Å². The monoisotopic (exact) mass is 457 g/mol. The van der Waals surface area contributed by atoms with E-state index in [-0.39, 0.29) is 5.91 Å². The fraction of sp³-hybridized carbons (Fsp3) is 0.458. The zero-order chi connectivity index (χ0) is 22.8. The summed E-state index contributed by atoms with van der Waals surface area (Å²) in [5.41, 5.74) is 1.92. The average Bonchev–Trinajstić information content (AvgIpc) is 3.49. The largest absolute Gasteiger partial charge is 0.490 e. The molecule has 0 N–H and O–H groups in total. The van der Waals surface area contributed by atoms with Crippen LogP contribution in [0.2, 0.25) is 0 Å². The van der Waals surface area contributed by atoms with Crippen LogP contribution in [0.25, 0.3) is 11.5 Å². The Morgan fingerprint density at radius 3 is 2.69 bits per heavy atom. The lowest BCUT2D eigenvalue weighted by molar-refractivity contribution is -0.131. The molecule has 2 aromatic heterocycles. The summed E-state index contributed by atoms with van der Waals surface area (Å²) < 4.78 is 17.2. The summed E-state index contributed by atoms with van der Waals surface area (Å²) in [4.78, 5) is 14.8. The predicted molar refractivity (Wildman–Crippen MR) is 125 cm³/mol. The molecule has 1 aromatic carbocycles. The van der Waals surface area contributed by atoms with Crippen molar-refractivity contribution in [3.05, 3.63) is 46.5 Å². The summed E-state index contributed by atoms with van der Waals surface area (Å²) in [5, 5.41) is 12.1. The molecule has 0 bridgehead atoms. The first-order valence-electron chi connectivity index (χ1n) is 11.2. The Balaban J connectivity index is 1.62. The molecule has 0 saturated heterocycles. The number of aromatic nitrogens is 2. The quantitative estimate of drug-likeness (QED) is 0.344. The van der Waals surface area contributed by atoms with Crippen LogP contribution in [0.5, 0.6) is 11.5 Å². The zero-order valence-corrected chi connectivity index (χ0v) is 19.8. The van der Waals surface area contributed by atoms with Gasteiger partial charge in [0.25, 0.3) is 0 Å². The van der Waals surface area contributed by atoms with Gasteiger partial charge in [0.1, 0.15) is 0 Å². The highest BCUT2D eigenvalue weighted by Gasteiger charge is 2.17. The molecule has 0 saturated carbocycles. The molecule has 2 heterocycles. The van der Waals surface area contributed by atoms with Crippen LogP contribution >= 0.6 is 11.3 Å². The van der Waals surface area contributed by atoms with Gasteiger partial charge in [0, 0.05) is 36.9 Å². The number of aryl methyl sites for hydroxylation is 1. The van der Waals surface area contributed by atoms with Crippen LogP contribution in [0, 0.1) is 0 Å². The molecule has 0 radical (unpaired) electrons. The summed E-state index contributed by atoms with van der Waals surface area (Å²) in [5.74, 6) is 2.49. The molecule has 8 heteroatoms. The summed E-state index contributed by atoms with van der Waals surface area (Å²) in [7, 11) is 0. The Kier molecular flexibility index (Phi) is 9.10. The summed E-state index contributed by atoms with van der Waals surface area (Å²) in [6.07, 6.45) is 2.55. The van der Waals surface area contributed by atoms with Crippen molar-refractivity contribution < 1.29 is 18.7 Å². The van der Waals surface area contributed by atoms with E-state index < -0.39 is 0 Å². The molecule has 172 valence electrons. The van der Waals surface area contributed by atoms with Crippen LogP contribution in [-0.2, 0) is 17.8 Å². The minimum atomic E-state index is 0.0615. The van der Waals surface area contributed by atoms with Gasteiger partial charge in [-0.1, -0.05) is 19.9 Å². The van der Waals surface area contributed by atoms with Crippen LogP contribution < -0.4 is 9.47 Å². The molecule has 0 fully saturated rings. The average molecular weight is 458 g/mol. The smallest absolute Gasteiger partial charge is 0.248 e. The molecule has 0 atom stereocenters. The minimum absolute atomic E-state index is 0.0615. The molecule has 0 spiro atoms. The minimum Gasteiger partial charge on any atom is -0.490 e. The highest BCUT2D eigenvalue weighted by atomic mass is 32.1. The molecular weight excluding hydrogens is 426 g/mol. The van der Waals surface area contributed by atoms with Crippen molar-refractivity contribution in [2.24, 2.45) is 0 Å². The highest BCUT2D eigenvalue weighted by Crippen LogP contribution is 2.29. The molecule has 0 aliphatic carbocycles. The second-order valence-corrected chi connectivity index (χ2v) is 8.17. The standard InChI is InChI=1S/C24H31N3O4S/c1-4-12-27(16-18-7-8-20(30-13-5-2)21(15-18)29-6-3)23(28)10-9-22-25-26-24(31-22)19-11-14-32-17-19/h7-8,11,14-15,17H,4-6,9-10,12-13,16H2,1-3H3. The first-order chi connectivity index (χ1) is 15.6. The number of ether oxygens (including phenoxy) is 2. The number of carbonyl (C=O) groups is 1. The van der Waals surface area contributed by atoms with Gasteiger partial charge >= 0.3 is 0 Å². The van der Waals surface area contributed by atoms with Crippen LogP contribution in [0.15, 0.2) is 39.4 Å². The third kappa shape index (κ3) is 6.56. The summed E-state index contributed by atoms with van der Waals surface area (Å²) >= 11 is 1.58. The molecule has 3 aromatic rings. The fourth-order valence-corrected chi connectivity index (χ4v) is 3.89. The van der Waals surface area contributed by atoms with Crippen molar-refractivity contribution in [3.8, 4) is 23.0 Å². The van der Waals surface area contributed by atoms with E-state index in [2.05, 4.69) is 24.0 Å². The molecule has 0 unspecified atom stereocenters. The molecule has 32 heavy (non-hydrogen) atoms. The second kappa shape index (κ2) is 12.2. The third-order valence-corrected chi connectivity index (χ3v) is 5.46. The number of hydrogen-bond acceptors (Lipinski definition) is 7. The van der Waals surface area contributed by atoms with Gasteiger partial charge in [-0.15, -0.1) is 10.2 Å². The van der Waals surface area contributed by atoms with E-state index in [9.17, 15) is 4.79 Å². The van der Waals surface area contributed by atoms with Crippen molar-refractivity contribution in [2.45, 2.75) is 53.0 Å². The lowest BCUT2D eigenvalue weighted by Gasteiger charge is -2.23. The van der Waals surface area contributed by atoms with Gasteiger partial charge in [-0.25, -0.2) is 0 Å². The van der Waals surface area contributed by atoms with Crippen LogP contribution in [-0.4, -0.2) is 40.8 Å². The van der Waals surface area contributed by atoms with Gasteiger partial charge in [-0.05, 0) is 48.9 Å². The second-order valence-electron chi connectivity index (χ2n) is 7.39. The summed E-state index contributed by atoms with van der Waals surface area (Å²) in [6.45, 7) is 8.49. The number of benzene rings is 1. The van der Waals surface area contributed by atoms with E-state index in [0.717, 1.165) is 29.7 Å². The first-order valence-corrected chi connectivity index (χ1v) is 12.1. The Labute approximate surface area is 193 Å². The zero-order valence-electron chi connectivity index (χ0n) is 19.0. The van der Waals surface area contributed by atoms with E-state index in [0.29, 0.717) is 56.7 Å². The first kappa shape index (κ1) is 23.8. The number of rotatable bonds is 13. The van der Waals surface area contributed by atoms with Gasteiger partial charge in [-0.2, -0.15) is 11.3 Å². The van der Waals surface area contributed by atoms with E-state index >= 15 is 0 Å². The van der Waals surface area contributed by atoms with Crippen molar-refractivity contribution >= 4 is 17.2 Å². The van der Waals surface area contributed by atoms with Gasteiger partial charge in [-0.3, -0.25) is 4.79 Å². The van der Waals surface area contributed by atoms with Crippen molar-refractivity contribution in [1.29, 1.82) is 0 Å². The van der Waals surface area contributed by atoms with E-state index in [1.807, 2.05) is 46.8 Å². The maximum atomic E-state index is 12.9.